The third kappa shape index (κ3) is 1.35. The van der Waals surface area contributed by atoms with Crippen molar-refractivity contribution in [2.45, 2.75) is 46.6 Å². The molecule has 0 aromatic carbocycles. The van der Waals surface area contributed by atoms with Crippen molar-refractivity contribution in [2.75, 3.05) is 13.7 Å². The molecule has 1 aliphatic heterocycles. The predicted octanol–water partition coefficient (Wildman–Crippen LogP) is 2.88. The lowest BCUT2D eigenvalue weighted by Gasteiger charge is -2.65. The Morgan fingerprint density at radius 3 is 2.63 bits per heavy atom. The van der Waals surface area contributed by atoms with Crippen LogP contribution in [0.5, 0.6) is 0 Å². The number of methoxy groups -OCH3 is 1. The van der Waals surface area contributed by atoms with E-state index in [4.69, 9.17) is 9.47 Å². The summed E-state index contributed by atoms with van der Waals surface area (Å²) in [7, 11) is 1.81. The van der Waals surface area contributed by atoms with E-state index in [0.29, 0.717) is 24.4 Å². The lowest BCUT2D eigenvalue weighted by atomic mass is 9.39. The highest BCUT2D eigenvalue weighted by molar-refractivity contribution is 5.77. The van der Waals surface area contributed by atoms with Gasteiger partial charge in [0.15, 0.2) is 0 Å². The quantitative estimate of drug-likeness (QED) is 0.721. The lowest BCUT2D eigenvalue weighted by molar-refractivity contribution is -0.234. The molecule has 0 N–H and O–H groups in total. The average Bonchev–Trinajstić information content (AvgIpc) is 2.76. The summed E-state index contributed by atoms with van der Waals surface area (Å²) >= 11 is 0. The molecule has 3 saturated carbocycles. The van der Waals surface area contributed by atoms with Gasteiger partial charge in [0.2, 0.25) is 0 Å². The fraction of sp³-hybridized carbons (Fsp3) is 0.938. The van der Waals surface area contributed by atoms with Crippen molar-refractivity contribution in [3.05, 3.63) is 0 Å². The molecule has 4 rings (SSSR count). The van der Waals surface area contributed by atoms with E-state index < -0.39 is 0 Å². The molecule has 0 radical (unpaired) electrons. The Balaban J connectivity index is 2.16. The molecular formula is C16H26O3. The van der Waals surface area contributed by atoms with Crippen LogP contribution >= 0.6 is 0 Å². The van der Waals surface area contributed by atoms with E-state index in [0.717, 1.165) is 6.42 Å². The second kappa shape index (κ2) is 3.97. The molecule has 0 aromatic rings. The summed E-state index contributed by atoms with van der Waals surface area (Å²) in [5.41, 5.74) is 0.165. The number of ether oxygens (including phenoxy) is 2. The van der Waals surface area contributed by atoms with Crippen molar-refractivity contribution < 1.29 is 14.3 Å². The van der Waals surface area contributed by atoms with Crippen LogP contribution in [0.4, 0.5) is 0 Å². The molecule has 0 aromatic heterocycles. The van der Waals surface area contributed by atoms with Gasteiger partial charge in [-0.1, -0.05) is 27.7 Å². The lowest BCUT2D eigenvalue weighted by Crippen LogP contribution is -2.67. The number of fused-ring (bicyclic) bond motifs is 2. The van der Waals surface area contributed by atoms with Crippen LogP contribution in [0.1, 0.15) is 40.5 Å². The first-order valence-electron chi connectivity index (χ1n) is 7.59. The SMILES string of the molecule is COC1C(C)C2(C)CCC1(C(C)C)C1C(=O)OCC12. The molecule has 0 amide bonds. The summed E-state index contributed by atoms with van der Waals surface area (Å²) in [5.74, 6) is 1.40. The number of carbonyl (C=O) groups excluding carboxylic acids is 1. The molecular weight excluding hydrogens is 240 g/mol. The zero-order valence-electron chi connectivity index (χ0n) is 12.7. The monoisotopic (exact) mass is 266 g/mol. The molecule has 4 fully saturated rings. The van der Waals surface area contributed by atoms with Gasteiger partial charge in [-0.25, -0.2) is 0 Å². The summed E-state index contributed by atoms with van der Waals surface area (Å²) < 4.78 is 11.4. The van der Waals surface area contributed by atoms with Gasteiger partial charge in [-0.05, 0) is 30.1 Å². The molecule has 2 bridgehead atoms. The van der Waals surface area contributed by atoms with Crippen molar-refractivity contribution in [2.24, 2.45) is 34.5 Å². The van der Waals surface area contributed by atoms with Crippen LogP contribution in [0.2, 0.25) is 0 Å². The molecule has 0 spiro atoms. The van der Waals surface area contributed by atoms with Crippen LogP contribution < -0.4 is 0 Å². The Morgan fingerprint density at radius 1 is 1.37 bits per heavy atom. The molecule has 108 valence electrons. The molecule has 4 aliphatic rings. The van der Waals surface area contributed by atoms with Gasteiger partial charge in [0.1, 0.15) is 0 Å². The van der Waals surface area contributed by atoms with Crippen LogP contribution in [-0.2, 0) is 14.3 Å². The normalized spacial score (nSPS) is 52.4. The number of rotatable bonds is 2. The summed E-state index contributed by atoms with van der Waals surface area (Å²) in [6.07, 6.45) is 2.47. The standard InChI is InChI=1S/C16H26O3/c1-9(2)16-7-6-15(4,10(3)13(16)18-5)11-8-19-14(17)12(11)16/h9-13H,6-8H2,1-5H3. The van der Waals surface area contributed by atoms with Crippen molar-refractivity contribution in [3.63, 3.8) is 0 Å². The number of hydrogen-bond acceptors (Lipinski definition) is 3. The molecule has 3 aliphatic carbocycles. The van der Waals surface area contributed by atoms with E-state index >= 15 is 0 Å². The van der Waals surface area contributed by atoms with E-state index in [9.17, 15) is 4.79 Å². The van der Waals surface area contributed by atoms with Gasteiger partial charge in [-0.2, -0.15) is 0 Å². The second-order valence-corrected chi connectivity index (χ2v) is 7.43. The largest absolute Gasteiger partial charge is 0.465 e. The Morgan fingerprint density at radius 2 is 2.05 bits per heavy atom. The van der Waals surface area contributed by atoms with Crippen molar-refractivity contribution in [1.29, 1.82) is 0 Å². The van der Waals surface area contributed by atoms with Gasteiger partial charge in [-0.3, -0.25) is 4.79 Å². The molecule has 19 heavy (non-hydrogen) atoms. The number of cyclic esters (lactones) is 1. The minimum absolute atomic E-state index is 0.0236. The summed E-state index contributed by atoms with van der Waals surface area (Å²) in [5, 5.41) is 0. The topological polar surface area (TPSA) is 35.5 Å². The van der Waals surface area contributed by atoms with Crippen molar-refractivity contribution in [1.82, 2.24) is 0 Å². The van der Waals surface area contributed by atoms with Crippen LogP contribution in [-0.4, -0.2) is 25.8 Å². The van der Waals surface area contributed by atoms with E-state index in [1.165, 1.54) is 6.42 Å². The van der Waals surface area contributed by atoms with E-state index in [-0.39, 0.29) is 28.8 Å². The minimum Gasteiger partial charge on any atom is -0.465 e. The zero-order valence-corrected chi connectivity index (χ0v) is 12.7. The highest BCUT2D eigenvalue weighted by Gasteiger charge is 2.71. The molecule has 6 unspecified atom stereocenters. The fourth-order valence-corrected chi connectivity index (χ4v) is 5.61. The fourth-order valence-electron chi connectivity index (χ4n) is 5.61. The third-order valence-corrected chi connectivity index (χ3v) is 6.94. The van der Waals surface area contributed by atoms with Gasteiger partial charge in [0, 0.05) is 18.4 Å². The van der Waals surface area contributed by atoms with Gasteiger partial charge in [0.25, 0.3) is 0 Å². The van der Waals surface area contributed by atoms with Crippen LogP contribution in [0.3, 0.4) is 0 Å². The first-order valence-corrected chi connectivity index (χ1v) is 7.59. The van der Waals surface area contributed by atoms with Crippen LogP contribution in [0.15, 0.2) is 0 Å². The third-order valence-electron chi connectivity index (χ3n) is 6.94. The Bertz CT molecular complexity index is 405. The van der Waals surface area contributed by atoms with Gasteiger partial charge < -0.3 is 9.47 Å². The Hall–Kier alpha value is -0.570. The zero-order chi connectivity index (χ0) is 14.0. The second-order valence-electron chi connectivity index (χ2n) is 7.43. The maximum atomic E-state index is 12.3. The van der Waals surface area contributed by atoms with E-state index in [1.54, 1.807) is 0 Å². The Kier molecular flexibility index (Phi) is 2.80. The van der Waals surface area contributed by atoms with Crippen LogP contribution in [0.25, 0.3) is 0 Å². The first kappa shape index (κ1) is 13.4. The highest BCUT2D eigenvalue weighted by Crippen LogP contribution is 2.69. The summed E-state index contributed by atoms with van der Waals surface area (Å²) in [4.78, 5) is 12.3. The molecule has 1 saturated heterocycles. The molecule has 1 heterocycles. The average molecular weight is 266 g/mol. The van der Waals surface area contributed by atoms with Crippen molar-refractivity contribution in [3.8, 4) is 0 Å². The van der Waals surface area contributed by atoms with Crippen LogP contribution in [0, 0.1) is 34.5 Å². The smallest absolute Gasteiger partial charge is 0.310 e. The maximum absolute atomic E-state index is 12.3. The van der Waals surface area contributed by atoms with E-state index in [1.807, 2.05) is 7.11 Å². The van der Waals surface area contributed by atoms with Gasteiger partial charge in [-0.15, -0.1) is 0 Å². The molecule has 3 heteroatoms. The summed E-state index contributed by atoms with van der Waals surface area (Å²) in [6.45, 7) is 9.76. The summed E-state index contributed by atoms with van der Waals surface area (Å²) in [6, 6.07) is 0. The highest BCUT2D eigenvalue weighted by atomic mass is 16.5. The number of esters is 1. The first-order chi connectivity index (χ1) is 8.89. The molecule has 3 nitrogen and oxygen atoms in total. The van der Waals surface area contributed by atoms with Crippen molar-refractivity contribution >= 4 is 5.97 Å². The van der Waals surface area contributed by atoms with E-state index in [2.05, 4.69) is 27.7 Å². The minimum atomic E-state index is -0.0236. The molecule has 6 atom stereocenters. The van der Waals surface area contributed by atoms with Gasteiger partial charge >= 0.3 is 5.97 Å². The Labute approximate surface area is 116 Å². The predicted molar refractivity (Wildman–Crippen MR) is 72.5 cm³/mol. The maximum Gasteiger partial charge on any atom is 0.310 e. The number of hydrogen-bond donors (Lipinski definition) is 0. The van der Waals surface area contributed by atoms with Gasteiger partial charge in [0.05, 0.1) is 18.6 Å². The number of carbonyl (C=O) groups is 1.